The van der Waals surface area contributed by atoms with E-state index in [2.05, 4.69) is 10.3 Å². The minimum Gasteiger partial charge on any atom is -0.324 e. The van der Waals surface area contributed by atoms with E-state index in [1.165, 1.54) is 19.1 Å². The Balaban J connectivity index is 2.01. The van der Waals surface area contributed by atoms with Gasteiger partial charge in [-0.05, 0) is 43.7 Å². The molecule has 1 atom stereocenters. The van der Waals surface area contributed by atoms with Crippen LogP contribution in [0.15, 0.2) is 48.5 Å². The molecule has 2 aromatic carbocycles. The predicted octanol–water partition coefficient (Wildman–Crippen LogP) is 4.56. The molecule has 0 spiro atoms. The van der Waals surface area contributed by atoms with Gasteiger partial charge in [-0.1, -0.05) is 24.3 Å². The molecule has 0 aliphatic heterocycles. The number of para-hydroxylation sites is 2. The third-order valence-corrected chi connectivity index (χ3v) is 3.90. The highest BCUT2D eigenvalue weighted by molar-refractivity contribution is 5.94. The molecule has 1 heterocycles. The van der Waals surface area contributed by atoms with E-state index in [0.29, 0.717) is 5.69 Å². The number of fused-ring (bicyclic) bond motifs is 1. The van der Waals surface area contributed by atoms with E-state index in [1.54, 1.807) is 30.3 Å². The zero-order valence-electron chi connectivity index (χ0n) is 13.6. The van der Waals surface area contributed by atoms with Crippen LogP contribution in [0.25, 0.3) is 11.0 Å². The first kappa shape index (κ1) is 17.0. The summed E-state index contributed by atoms with van der Waals surface area (Å²) in [6.45, 7) is 3.29. The summed E-state index contributed by atoms with van der Waals surface area (Å²) < 4.78 is 41.1. The number of imidazole rings is 1. The molecule has 0 saturated carbocycles. The van der Waals surface area contributed by atoms with Crippen molar-refractivity contribution >= 4 is 22.6 Å². The monoisotopic (exact) mass is 347 g/mol. The minimum atomic E-state index is -4.66. The van der Waals surface area contributed by atoms with Crippen molar-refractivity contribution in [3.05, 3.63) is 59.9 Å². The number of amides is 1. The largest absolute Gasteiger partial charge is 0.449 e. The Bertz CT molecular complexity index is 931. The summed E-state index contributed by atoms with van der Waals surface area (Å²) in [5.74, 6) is -1.63. The fraction of sp³-hybridized carbons (Fsp3) is 0.222. The summed E-state index contributed by atoms with van der Waals surface area (Å²) in [5.41, 5.74) is 1.94. The lowest BCUT2D eigenvalue weighted by atomic mass is 10.2. The van der Waals surface area contributed by atoms with Crippen molar-refractivity contribution in [3.63, 3.8) is 0 Å². The van der Waals surface area contributed by atoms with Crippen LogP contribution in [0.5, 0.6) is 0 Å². The number of nitrogens with one attached hydrogen (secondary N) is 1. The molecule has 1 N–H and O–H groups in total. The molecule has 1 aromatic heterocycles. The molecule has 0 unspecified atom stereocenters. The van der Waals surface area contributed by atoms with Crippen molar-refractivity contribution in [1.82, 2.24) is 9.55 Å². The smallest absolute Gasteiger partial charge is 0.324 e. The van der Waals surface area contributed by atoms with Gasteiger partial charge in [-0.2, -0.15) is 13.2 Å². The maximum absolute atomic E-state index is 13.4. The predicted molar refractivity (Wildman–Crippen MR) is 89.3 cm³/mol. The third-order valence-electron chi connectivity index (χ3n) is 3.90. The highest BCUT2D eigenvalue weighted by Gasteiger charge is 2.39. The van der Waals surface area contributed by atoms with Crippen LogP contribution in [0.4, 0.5) is 18.9 Å². The molecule has 25 heavy (non-hydrogen) atoms. The van der Waals surface area contributed by atoms with E-state index < -0.39 is 23.9 Å². The molecular formula is C18H16F3N3O. The molecule has 4 nitrogen and oxygen atoms in total. The lowest BCUT2D eigenvalue weighted by Gasteiger charge is -2.18. The van der Waals surface area contributed by atoms with Gasteiger partial charge in [-0.25, -0.2) is 4.98 Å². The number of benzene rings is 2. The van der Waals surface area contributed by atoms with Crippen molar-refractivity contribution < 1.29 is 18.0 Å². The molecule has 0 aliphatic carbocycles. The van der Waals surface area contributed by atoms with Gasteiger partial charge in [0.25, 0.3) is 0 Å². The summed E-state index contributed by atoms with van der Waals surface area (Å²) in [5, 5.41) is 2.66. The number of aryl methyl sites for hydroxylation is 1. The second-order valence-corrected chi connectivity index (χ2v) is 5.83. The Morgan fingerprint density at radius 3 is 2.56 bits per heavy atom. The second kappa shape index (κ2) is 6.23. The fourth-order valence-electron chi connectivity index (χ4n) is 2.72. The van der Waals surface area contributed by atoms with Crippen LogP contribution in [-0.2, 0) is 11.0 Å². The van der Waals surface area contributed by atoms with Crippen LogP contribution in [0.3, 0.4) is 0 Å². The van der Waals surface area contributed by atoms with Gasteiger partial charge in [0.15, 0.2) is 0 Å². The number of aromatic nitrogens is 2. The second-order valence-electron chi connectivity index (χ2n) is 5.83. The molecular weight excluding hydrogens is 331 g/mol. The summed E-state index contributed by atoms with van der Waals surface area (Å²) in [6, 6.07) is 12.2. The van der Waals surface area contributed by atoms with Gasteiger partial charge < -0.3 is 9.88 Å². The average molecular weight is 347 g/mol. The van der Waals surface area contributed by atoms with Gasteiger partial charge in [0.2, 0.25) is 11.7 Å². The SMILES string of the molecule is Cc1cccc(NC(=O)[C@@H](C)n2c(C(F)(F)F)nc3ccccc32)c1. The Kier molecular flexibility index (Phi) is 4.24. The van der Waals surface area contributed by atoms with E-state index in [-0.39, 0.29) is 11.0 Å². The first-order valence-electron chi connectivity index (χ1n) is 7.69. The number of halogens is 3. The van der Waals surface area contributed by atoms with Crippen molar-refractivity contribution in [3.8, 4) is 0 Å². The van der Waals surface area contributed by atoms with Gasteiger partial charge in [0.05, 0.1) is 11.0 Å². The number of rotatable bonds is 3. The quantitative estimate of drug-likeness (QED) is 0.755. The molecule has 0 radical (unpaired) electrons. The number of hydrogen-bond donors (Lipinski definition) is 1. The highest BCUT2D eigenvalue weighted by atomic mass is 19.4. The normalized spacial score (nSPS) is 13.0. The number of alkyl halides is 3. The van der Waals surface area contributed by atoms with Crippen LogP contribution in [0.2, 0.25) is 0 Å². The Morgan fingerprint density at radius 1 is 1.16 bits per heavy atom. The Labute approximate surface area is 142 Å². The lowest BCUT2D eigenvalue weighted by Crippen LogP contribution is -2.27. The van der Waals surface area contributed by atoms with Crippen molar-refractivity contribution in [2.24, 2.45) is 0 Å². The summed E-state index contributed by atoms with van der Waals surface area (Å²) >= 11 is 0. The maximum atomic E-state index is 13.4. The Morgan fingerprint density at radius 2 is 1.88 bits per heavy atom. The van der Waals surface area contributed by atoms with Crippen molar-refractivity contribution in [1.29, 1.82) is 0 Å². The molecule has 7 heteroatoms. The molecule has 130 valence electrons. The van der Waals surface area contributed by atoms with Crippen molar-refractivity contribution in [2.75, 3.05) is 5.32 Å². The molecule has 0 fully saturated rings. The Hall–Kier alpha value is -2.83. The van der Waals surface area contributed by atoms with Gasteiger partial charge in [-0.15, -0.1) is 0 Å². The van der Waals surface area contributed by atoms with Gasteiger partial charge in [-0.3, -0.25) is 4.79 Å². The van der Waals surface area contributed by atoms with Crippen LogP contribution in [-0.4, -0.2) is 15.5 Å². The topological polar surface area (TPSA) is 46.9 Å². The zero-order valence-corrected chi connectivity index (χ0v) is 13.6. The third kappa shape index (κ3) is 3.35. The molecule has 1 amide bonds. The molecule has 3 rings (SSSR count). The summed E-state index contributed by atoms with van der Waals surface area (Å²) in [6.07, 6.45) is -4.66. The molecule has 0 aliphatic rings. The highest BCUT2D eigenvalue weighted by Crippen LogP contribution is 2.34. The maximum Gasteiger partial charge on any atom is 0.449 e. The summed E-state index contributed by atoms with van der Waals surface area (Å²) in [4.78, 5) is 16.2. The molecule has 0 saturated heterocycles. The number of nitrogens with zero attached hydrogens (tertiary/aromatic N) is 2. The van der Waals surface area contributed by atoms with Gasteiger partial charge in [0.1, 0.15) is 6.04 Å². The molecule has 0 bridgehead atoms. The zero-order chi connectivity index (χ0) is 18.2. The fourth-order valence-corrected chi connectivity index (χ4v) is 2.72. The van der Waals surface area contributed by atoms with Crippen LogP contribution in [0, 0.1) is 6.92 Å². The number of carbonyl (C=O) groups is 1. The first-order valence-corrected chi connectivity index (χ1v) is 7.69. The number of carbonyl (C=O) groups excluding carboxylic acids is 1. The lowest BCUT2D eigenvalue weighted by molar-refractivity contribution is -0.148. The number of anilines is 1. The van der Waals surface area contributed by atoms with E-state index in [4.69, 9.17) is 0 Å². The van der Waals surface area contributed by atoms with Gasteiger partial charge >= 0.3 is 6.18 Å². The van der Waals surface area contributed by atoms with E-state index >= 15 is 0 Å². The van der Waals surface area contributed by atoms with Crippen LogP contribution >= 0.6 is 0 Å². The first-order chi connectivity index (χ1) is 11.8. The van der Waals surface area contributed by atoms with E-state index in [1.807, 2.05) is 13.0 Å². The minimum absolute atomic E-state index is 0.199. The van der Waals surface area contributed by atoms with E-state index in [0.717, 1.165) is 10.1 Å². The summed E-state index contributed by atoms with van der Waals surface area (Å²) in [7, 11) is 0. The van der Waals surface area contributed by atoms with Crippen molar-refractivity contribution in [2.45, 2.75) is 26.1 Å². The van der Waals surface area contributed by atoms with Gasteiger partial charge in [0, 0.05) is 5.69 Å². The standard InChI is InChI=1S/C18H16F3N3O/c1-11-6-5-7-13(10-11)22-16(25)12(2)24-15-9-4-3-8-14(15)23-17(24)18(19,20)21/h3-10,12H,1-2H3,(H,22,25)/t12-/m1/s1. The van der Waals surface area contributed by atoms with Crippen LogP contribution in [0.1, 0.15) is 24.4 Å². The number of hydrogen-bond acceptors (Lipinski definition) is 2. The van der Waals surface area contributed by atoms with Crippen LogP contribution < -0.4 is 5.32 Å². The average Bonchev–Trinajstić information content (AvgIpc) is 2.94. The van der Waals surface area contributed by atoms with E-state index in [9.17, 15) is 18.0 Å². The molecule has 3 aromatic rings.